The van der Waals surface area contributed by atoms with E-state index in [1.54, 1.807) is 0 Å². The Hall–Kier alpha value is 0.270. The normalized spacial score (nSPS) is 40.1. The minimum Gasteiger partial charge on any atom is -0.388 e. The summed E-state index contributed by atoms with van der Waals surface area (Å²) in [6.07, 6.45) is 6.51. The van der Waals surface area contributed by atoms with Crippen LogP contribution in [0.1, 0.15) is 39.0 Å². The first kappa shape index (κ1) is 12.7. The van der Waals surface area contributed by atoms with Gasteiger partial charge in [-0.3, -0.25) is 0 Å². The standard InChI is InChI=1S/C13H25NOS/c1-11-2-4-12(5-3-11)8-14-9-13(15)6-7-16-10-13/h11-12,14-15H,2-10H2,1H3/t11?,12?,13-/m1/s1. The molecule has 0 amide bonds. The van der Waals surface area contributed by atoms with E-state index in [1.807, 2.05) is 11.8 Å². The van der Waals surface area contributed by atoms with Crippen molar-refractivity contribution in [2.24, 2.45) is 11.8 Å². The Kier molecular flexibility index (Phi) is 4.57. The van der Waals surface area contributed by atoms with Crippen LogP contribution in [0.3, 0.4) is 0 Å². The summed E-state index contributed by atoms with van der Waals surface area (Å²) < 4.78 is 0. The van der Waals surface area contributed by atoms with Gasteiger partial charge in [-0.05, 0) is 43.4 Å². The molecule has 2 nitrogen and oxygen atoms in total. The lowest BCUT2D eigenvalue weighted by Gasteiger charge is -2.28. The van der Waals surface area contributed by atoms with Crippen molar-refractivity contribution in [2.45, 2.75) is 44.6 Å². The molecule has 94 valence electrons. The predicted octanol–water partition coefficient (Wildman–Crippen LogP) is 2.27. The Morgan fingerprint density at radius 2 is 2.06 bits per heavy atom. The molecule has 1 saturated carbocycles. The second-order valence-corrected chi connectivity index (χ2v) is 6.89. The molecule has 0 bridgehead atoms. The van der Waals surface area contributed by atoms with Crippen LogP contribution >= 0.6 is 11.8 Å². The average Bonchev–Trinajstić information content (AvgIpc) is 2.69. The van der Waals surface area contributed by atoms with Gasteiger partial charge < -0.3 is 10.4 Å². The average molecular weight is 243 g/mol. The van der Waals surface area contributed by atoms with Crippen LogP contribution in [0.4, 0.5) is 0 Å². The maximum atomic E-state index is 10.2. The highest BCUT2D eigenvalue weighted by Crippen LogP contribution is 2.29. The summed E-state index contributed by atoms with van der Waals surface area (Å²) in [5.41, 5.74) is -0.410. The molecule has 2 rings (SSSR count). The first-order chi connectivity index (χ1) is 7.68. The molecule has 0 radical (unpaired) electrons. The molecule has 16 heavy (non-hydrogen) atoms. The van der Waals surface area contributed by atoms with Crippen LogP contribution in [0.5, 0.6) is 0 Å². The molecule has 0 spiro atoms. The van der Waals surface area contributed by atoms with Gasteiger partial charge in [0.1, 0.15) is 0 Å². The summed E-state index contributed by atoms with van der Waals surface area (Å²) in [5.74, 6) is 3.83. The maximum Gasteiger partial charge on any atom is 0.0869 e. The van der Waals surface area contributed by atoms with E-state index in [4.69, 9.17) is 0 Å². The van der Waals surface area contributed by atoms with Crippen LogP contribution in [0.2, 0.25) is 0 Å². The third kappa shape index (κ3) is 3.64. The van der Waals surface area contributed by atoms with Gasteiger partial charge in [0.15, 0.2) is 0 Å². The fraction of sp³-hybridized carbons (Fsp3) is 1.00. The number of hydrogen-bond acceptors (Lipinski definition) is 3. The minimum atomic E-state index is -0.410. The Morgan fingerprint density at radius 3 is 2.69 bits per heavy atom. The largest absolute Gasteiger partial charge is 0.388 e. The van der Waals surface area contributed by atoms with Crippen molar-refractivity contribution in [1.82, 2.24) is 5.32 Å². The van der Waals surface area contributed by atoms with Gasteiger partial charge in [-0.15, -0.1) is 0 Å². The van der Waals surface area contributed by atoms with E-state index in [-0.39, 0.29) is 0 Å². The Bertz CT molecular complexity index is 208. The third-order valence-electron chi connectivity index (χ3n) is 4.10. The molecule has 3 heteroatoms. The van der Waals surface area contributed by atoms with Gasteiger partial charge in [0.2, 0.25) is 0 Å². The van der Waals surface area contributed by atoms with Gasteiger partial charge in [0.05, 0.1) is 5.60 Å². The molecule has 2 fully saturated rings. The van der Waals surface area contributed by atoms with Gasteiger partial charge in [0, 0.05) is 12.3 Å². The summed E-state index contributed by atoms with van der Waals surface area (Å²) >= 11 is 1.88. The van der Waals surface area contributed by atoms with Gasteiger partial charge >= 0.3 is 0 Å². The highest BCUT2D eigenvalue weighted by molar-refractivity contribution is 7.99. The molecule has 0 aromatic carbocycles. The van der Waals surface area contributed by atoms with Crippen molar-refractivity contribution in [3.05, 3.63) is 0 Å². The first-order valence-corrected chi connectivity index (χ1v) is 7.84. The molecule has 2 N–H and O–H groups in total. The number of aliphatic hydroxyl groups is 1. The first-order valence-electron chi connectivity index (χ1n) is 6.69. The van der Waals surface area contributed by atoms with E-state index in [1.165, 1.54) is 25.7 Å². The van der Waals surface area contributed by atoms with Crippen LogP contribution in [0.25, 0.3) is 0 Å². The lowest BCUT2D eigenvalue weighted by Crippen LogP contribution is -2.42. The van der Waals surface area contributed by atoms with E-state index in [0.717, 1.165) is 42.9 Å². The van der Waals surface area contributed by atoms with E-state index >= 15 is 0 Å². The molecule has 0 unspecified atom stereocenters. The molecule has 2 aliphatic rings. The highest BCUT2D eigenvalue weighted by Gasteiger charge is 2.31. The molecule has 1 aliphatic heterocycles. The van der Waals surface area contributed by atoms with Gasteiger partial charge in [-0.1, -0.05) is 19.8 Å². The zero-order valence-corrected chi connectivity index (χ0v) is 11.2. The van der Waals surface area contributed by atoms with E-state index < -0.39 is 5.60 Å². The summed E-state index contributed by atoms with van der Waals surface area (Å²) in [6.45, 7) is 4.27. The summed E-state index contributed by atoms with van der Waals surface area (Å²) in [4.78, 5) is 0. The molecule has 1 aliphatic carbocycles. The molecule has 1 atom stereocenters. The molecule has 0 aromatic heterocycles. The second kappa shape index (κ2) is 5.74. The smallest absolute Gasteiger partial charge is 0.0869 e. The second-order valence-electron chi connectivity index (χ2n) is 5.78. The van der Waals surface area contributed by atoms with Gasteiger partial charge in [-0.2, -0.15) is 11.8 Å². The zero-order chi connectivity index (χ0) is 11.4. The molecular weight excluding hydrogens is 218 g/mol. The lowest BCUT2D eigenvalue weighted by molar-refractivity contribution is 0.0659. The maximum absolute atomic E-state index is 10.2. The molecular formula is C13H25NOS. The minimum absolute atomic E-state index is 0.410. The van der Waals surface area contributed by atoms with Crippen molar-refractivity contribution >= 4 is 11.8 Å². The van der Waals surface area contributed by atoms with Crippen molar-refractivity contribution in [3.8, 4) is 0 Å². The predicted molar refractivity (Wildman–Crippen MR) is 70.9 cm³/mol. The fourth-order valence-electron chi connectivity index (χ4n) is 2.78. The van der Waals surface area contributed by atoms with E-state index in [0.29, 0.717) is 0 Å². The summed E-state index contributed by atoms with van der Waals surface area (Å²) in [6, 6.07) is 0. The Labute approximate surface area is 104 Å². The zero-order valence-electron chi connectivity index (χ0n) is 10.4. The summed E-state index contributed by atoms with van der Waals surface area (Å²) in [5, 5.41) is 13.7. The molecule has 0 aromatic rings. The molecule has 1 saturated heterocycles. The number of nitrogens with one attached hydrogen (secondary N) is 1. The van der Waals surface area contributed by atoms with E-state index in [9.17, 15) is 5.11 Å². The Morgan fingerprint density at radius 1 is 1.31 bits per heavy atom. The van der Waals surface area contributed by atoms with Crippen LogP contribution < -0.4 is 5.32 Å². The Balaban J connectivity index is 1.61. The van der Waals surface area contributed by atoms with Gasteiger partial charge in [0.25, 0.3) is 0 Å². The lowest BCUT2D eigenvalue weighted by atomic mass is 9.83. The highest BCUT2D eigenvalue weighted by atomic mass is 32.2. The van der Waals surface area contributed by atoms with Crippen LogP contribution in [-0.2, 0) is 0 Å². The summed E-state index contributed by atoms with van der Waals surface area (Å²) in [7, 11) is 0. The monoisotopic (exact) mass is 243 g/mol. The van der Waals surface area contributed by atoms with Crippen LogP contribution in [0.15, 0.2) is 0 Å². The topological polar surface area (TPSA) is 32.3 Å². The third-order valence-corrected chi connectivity index (χ3v) is 5.34. The van der Waals surface area contributed by atoms with E-state index in [2.05, 4.69) is 12.2 Å². The van der Waals surface area contributed by atoms with Crippen molar-refractivity contribution < 1.29 is 5.11 Å². The van der Waals surface area contributed by atoms with Crippen molar-refractivity contribution in [3.63, 3.8) is 0 Å². The van der Waals surface area contributed by atoms with Crippen LogP contribution in [0, 0.1) is 11.8 Å². The fourth-order valence-corrected chi connectivity index (χ4v) is 4.07. The number of rotatable bonds is 4. The van der Waals surface area contributed by atoms with Crippen molar-refractivity contribution in [2.75, 3.05) is 24.6 Å². The van der Waals surface area contributed by atoms with Crippen LogP contribution in [-0.4, -0.2) is 35.3 Å². The SMILES string of the molecule is CC1CCC(CNC[C@]2(O)CCSC2)CC1. The van der Waals surface area contributed by atoms with Crippen molar-refractivity contribution in [1.29, 1.82) is 0 Å². The number of hydrogen-bond donors (Lipinski definition) is 2. The molecule has 1 heterocycles. The quantitative estimate of drug-likeness (QED) is 0.794. The van der Waals surface area contributed by atoms with Gasteiger partial charge in [-0.25, -0.2) is 0 Å². The number of thioether (sulfide) groups is 1.